The number of amides is 1. The van der Waals surface area contributed by atoms with Gasteiger partial charge in [-0.25, -0.2) is 4.98 Å². The van der Waals surface area contributed by atoms with Crippen molar-refractivity contribution in [2.75, 3.05) is 6.61 Å². The number of carbonyl (C=O) groups excluding carboxylic acids is 1. The van der Waals surface area contributed by atoms with Gasteiger partial charge < -0.3 is 19.0 Å². The Morgan fingerprint density at radius 3 is 3.00 bits per heavy atom. The Morgan fingerprint density at radius 2 is 2.16 bits per heavy atom. The van der Waals surface area contributed by atoms with Gasteiger partial charge in [-0.3, -0.25) is 9.59 Å². The fourth-order valence-electron chi connectivity index (χ4n) is 3.18. The van der Waals surface area contributed by atoms with Crippen molar-refractivity contribution in [2.24, 2.45) is 7.05 Å². The first-order valence-electron chi connectivity index (χ1n) is 8.03. The normalized spacial score (nSPS) is 16.3. The first-order valence-corrected chi connectivity index (χ1v) is 8.03. The van der Waals surface area contributed by atoms with Gasteiger partial charge in [0.15, 0.2) is 0 Å². The summed E-state index contributed by atoms with van der Waals surface area (Å²) in [6, 6.07) is 7.44. The number of benzene rings is 1. The van der Waals surface area contributed by atoms with Crippen molar-refractivity contribution in [1.29, 1.82) is 0 Å². The van der Waals surface area contributed by atoms with Gasteiger partial charge >= 0.3 is 0 Å². The maximum Gasteiger partial charge on any atom is 0.265 e. The Hall–Kier alpha value is -3.09. The standard InChI is InChI=1S/C18H17N3O4/c1-10-14(15-17(25-10)19-9-21(2)18(15)23)16(22)20-12-7-8-24-13-6-4-3-5-11(12)13/h3-6,9,12H,7-8H2,1-2H3,(H,20,22)/t12-/m1/s1. The highest BCUT2D eigenvalue weighted by Gasteiger charge is 2.27. The molecule has 1 aromatic carbocycles. The zero-order chi connectivity index (χ0) is 17.6. The van der Waals surface area contributed by atoms with Crippen LogP contribution in [0.1, 0.15) is 34.1 Å². The van der Waals surface area contributed by atoms with Crippen molar-refractivity contribution in [2.45, 2.75) is 19.4 Å². The van der Waals surface area contributed by atoms with E-state index in [0.717, 1.165) is 11.3 Å². The summed E-state index contributed by atoms with van der Waals surface area (Å²) in [5, 5.41) is 3.21. The van der Waals surface area contributed by atoms with E-state index in [1.54, 1.807) is 14.0 Å². The van der Waals surface area contributed by atoms with Crippen LogP contribution in [0.2, 0.25) is 0 Å². The van der Waals surface area contributed by atoms with Crippen molar-refractivity contribution in [3.05, 3.63) is 57.8 Å². The molecule has 2 aromatic heterocycles. The molecule has 3 aromatic rings. The molecule has 25 heavy (non-hydrogen) atoms. The van der Waals surface area contributed by atoms with Crippen molar-refractivity contribution in [1.82, 2.24) is 14.9 Å². The largest absolute Gasteiger partial charge is 0.493 e. The molecular weight excluding hydrogens is 322 g/mol. The van der Waals surface area contributed by atoms with E-state index in [-0.39, 0.29) is 34.2 Å². The zero-order valence-corrected chi connectivity index (χ0v) is 13.9. The molecule has 7 heteroatoms. The molecular formula is C18H17N3O4. The minimum absolute atomic E-state index is 0.178. The second-order valence-corrected chi connectivity index (χ2v) is 6.08. The SMILES string of the molecule is Cc1oc2ncn(C)c(=O)c2c1C(=O)N[C@@H]1CCOc2ccccc21. The van der Waals surface area contributed by atoms with Crippen LogP contribution in [-0.2, 0) is 7.05 Å². The molecule has 1 amide bonds. The van der Waals surface area contributed by atoms with Crippen LogP contribution in [-0.4, -0.2) is 22.1 Å². The summed E-state index contributed by atoms with van der Waals surface area (Å²) in [6.07, 6.45) is 2.04. The Kier molecular flexibility index (Phi) is 3.56. The third-order valence-electron chi connectivity index (χ3n) is 4.44. The lowest BCUT2D eigenvalue weighted by atomic mass is 10.00. The molecule has 0 spiro atoms. The summed E-state index contributed by atoms with van der Waals surface area (Å²) in [5.41, 5.74) is 1.05. The van der Waals surface area contributed by atoms with Gasteiger partial charge in [0.05, 0.1) is 18.2 Å². The van der Waals surface area contributed by atoms with Gasteiger partial charge in [-0.2, -0.15) is 0 Å². The van der Waals surface area contributed by atoms with E-state index in [4.69, 9.17) is 9.15 Å². The van der Waals surface area contributed by atoms with Crippen LogP contribution in [0.25, 0.3) is 11.1 Å². The Balaban J connectivity index is 1.74. The Bertz CT molecular complexity index is 1030. The molecule has 1 aliphatic rings. The highest BCUT2D eigenvalue weighted by atomic mass is 16.5. The minimum atomic E-state index is -0.344. The maximum absolute atomic E-state index is 12.9. The van der Waals surface area contributed by atoms with Gasteiger partial charge in [0.2, 0.25) is 5.71 Å². The van der Waals surface area contributed by atoms with Gasteiger partial charge in [0.25, 0.3) is 11.5 Å². The number of aromatic nitrogens is 2. The highest BCUT2D eigenvalue weighted by Crippen LogP contribution is 2.32. The number of para-hydroxylation sites is 1. The second-order valence-electron chi connectivity index (χ2n) is 6.08. The first kappa shape index (κ1) is 15.4. The van der Waals surface area contributed by atoms with Gasteiger partial charge in [-0.1, -0.05) is 18.2 Å². The fraction of sp³-hybridized carbons (Fsp3) is 0.278. The zero-order valence-electron chi connectivity index (χ0n) is 13.9. The van der Waals surface area contributed by atoms with Gasteiger partial charge in [0, 0.05) is 19.0 Å². The number of rotatable bonds is 2. The third kappa shape index (κ3) is 2.48. The maximum atomic E-state index is 12.9. The topological polar surface area (TPSA) is 86.4 Å². The van der Waals surface area contributed by atoms with Gasteiger partial charge in [0.1, 0.15) is 23.2 Å². The van der Waals surface area contributed by atoms with Crippen LogP contribution in [0.15, 0.2) is 39.8 Å². The van der Waals surface area contributed by atoms with Crippen LogP contribution in [0.4, 0.5) is 0 Å². The first-order chi connectivity index (χ1) is 12.1. The number of ether oxygens (including phenoxy) is 1. The van der Waals surface area contributed by atoms with Crippen molar-refractivity contribution in [3.63, 3.8) is 0 Å². The molecule has 0 saturated heterocycles. The predicted molar refractivity (Wildman–Crippen MR) is 90.7 cm³/mol. The lowest BCUT2D eigenvalue weighted by Gasteiger charge is -2.26. The van der Waals surface area contributed by atoms with E-state index in [0.29, 0.717) is 18.8 Å². The van der Waals surface area contributed by atoms with E-state index >= 15 is 0 Å². The average Bonchev–Trinajstić information content (AvgIpc) is 2.95. The van der Waals surface area contributed by atoms with E-state index in [2.05, 4.69) is 10.3 Å². The fourth-order valence-corrected chi connectivity index (χ4v) is 3.18. The Labute approximate surface area is 143 Å². The average molecular weight is 339 g/mol. The van der Waals surface area contributed by atoms with Gasteiger partial charge in [-0.05, 0) is 13.0 Å². The number of hydrogen-bond acceptors (Lipinski definition) is 5. The van der Waals surface area contributed by atoms with Crippen molar-refractivity contribution in [3.8, 4) is 5.75 Å². The van der Waals surface area contributed by atoms with Crippen LogP contribution in [0, 0.1) is 6.92 Å². The minimum Gasteiger partial charge on any atom is -0.493 e. The van der Waals surface area contributed by atoms with Crippen molar-refractivity contribution < 1.29 is 13.9 Å². The summed E-state index contributed by atoms with van der Waals surface area (Å²) in [5.74, 6) is 0.803. The molecule has 1 atom stereocenters. The number of nitrogens with zero attached hydrogens (tertiary/aromatic N) is 2. The van der Waals surface area contributed by atoms with Crippen LogP contribution >= 0.6 is 0 Å². The monoisotopic (exact) mass is 339 g/mol. The van der Waals surface area contributed by atoms with Gasteiger partial charge in [-0.15, -0.1) is 0 Å². The van der Waals surface area contributed by atoms with Crippen molar-refractivity contribution >= 4 is 17.0 Å². The summed E-state index contributed by atoms with van der Waals surface area (Å²) in [7, 11) is 1.59. The lowest BCUT2D eigenvalue weighted by molar-refractivity contribution is 0.0924. The second kappa shape index (κ2) is 5.77. The summed E-state index contributed by atoms with van der Waals surface area (Å²) >= 11 is 0. The number of carbonyl (C=O) groups is 1. The summed E-state index contributed by atoms with van der Waals surface area (Å²) in [6.45, 7) is 2.18. The molecule has 1 aliphatic heterocycles. The number of fused-ring (bicyclic) bond motifs is 2. The van der Waals surface area contributed by atoms with Crippen LogP contribution in [0.3, 0.4) is 0 Å². The molecule has 4 rings (SSSR count). The quantitative estimate of drug-likeness (QED) is 0.772. The molecule has 0 aliphatic carbocycles. The molecule has 0 radical (unpaired) electrons. The molecule has 128 valence electrons. The van der Waals surface area contributed by atoms with Crippen LogP contribution < -0.4 is 15.6 Å². The van der Waals surface area contributed by atoms with E-state index in [1.165, 1.54) is 10.9 Å². The Morgan fingerprint density at radius 1 is 1.36 bits per heavy atom. The summed E-state index contributed by atoms with van der Waals surface area (Å²) < 4.78 is 12.5. The van der Waals surface area contributed by atoms with E-state index in [1.807, 2.05) is 24.3 Å². The van der Waals surface area contributed by atoms with E-state index < -0.39 is 0 Å². The molecule has 1 N–H and O–H groups in total. The third-order valence-corrected chi connectivity index (χ3v) is 4.44. The number of furan rings is 1. The smallest absolute Gasteiger partial charge is 0.265 e. The molecule has 3 heterocycles. The highest BCUT2D eigenvalue weighted by molar-refractivity contribution is 6.06. The van der Waals surface area contributed by atoms with Crippen LogP contribution in [0.5, 0.6) is 5.75 Å². The number of nitrogens with one attached hydrogen (secondary N) is 1. The molecule has 0 fully saturated rings. The molecule has 0 bridgehead atoms. The van der Waals surface area contributed by atoms with E-state index in [9.17, 15) is 9.59 Å². The molecule has 0 unspecified atom stereocenters. The molecule has 0 saturated carbocycles. The number of hydrogen-bond donors (Lipinski definition) is 1. The lowest BCUT2D eigenvalue weighted by Crippen LogP contribution is -2.33. The predicted octanol–water partition coefficient (Wildman–Crippen LogP) is 2.09. The number of aryl methyl sites for hydroxylation is 2. The molecule has 7 nitrogen and oxygen atoms in total. The summed E-state index contributed by atoms with van der Waals surface area (Å²) in [4.78, 5) is 29.4.